The average Bonchev–Trinajstić information content (AvgIpc) is 2.71. The first-order valence-electron chi connectivity index (χ1n) is 14.1. The molecule has 1 atom stereocenters. The number of phenolic OH excluding ortho intramolecular Hbond substituents is 1. The van der Waals surface area contributed by atoms with Crippen LogP contribution < -0.4 is 4.74 Å². The van der Waals surface area contributed by atoms with Gasteiger partial charge in [0.25, 0.3) is 0 Å². The molecule has 0 radical (unpaired) electrons. The zero-order valence-corrected chi connectivity index (χ0v) is 29.0. The molecule has 6 heteroatoms. The highest BCUT2D eigenvalue weighted by atomic mass is 32.2. The van der Waals surface area contributed by atoms with Crippen LogP contribution in [0.2, 0.25) is 0 Å². The SMILES string of the molecule is CC(Oc1c(C(C)(C)C)cc(SC(C)(C)Sc2cc(C(C)(C)C)c(O)c(C(C)(C)C)c2)cc1C(C)(C)C)C(=O)O. The second-order valence-corrected chi connectivity index (χ2v) is 19.1. The van der Waals surface area contributed by atoms with Gasteiger partial charge < -0.3 is 14.9 Å². The molecule has 0 aliphatic rings. The van der Waals surface area contributed by atoms with Crippen LogP contribution in [-0.2, 0) is 26.5 Å². The van der Waals surface area contributed by atoms with Crippen LogP contribution in [0.5, 0.6) is 11.5 Å². The number of carbonyl (C=O) groups is 1. The molecule has 40 heavy (non-hydrogen) atoms. The molecule has 0 aromatic heterocycles. The maximum Gasteiger partial charge on any atom is 0.344 e. The Labute approximate surface area is 252 Å². The Morgan fingerprint density at radius 3 is 1.23 bits per heavy atom. The predicted molar refractivity (Wildman–Crippen MR) is 173 cm³/mol. The molecule has 0 aliphatic carbocycles. The molecule has 0 saturated carbocycles. The van der Waals surface area contributed by atoms with Crippen LogP contribution in [0.4, 0.5) is 0 Å². The number of aromatic hydroxyl groups is 1. The number of hydrogen-bond acceptors (Lipinski definition) is 5. The fraction of sp³-hybridized carbons (Fsp3) is 0.618. The number of phenols is 1. The van der Waals surface area contributed by atoms with E-state index in [2.05, 4.69) is 121 Å². The fourth-order valence-corrected chi connectivity index (χ4v) is 7.11. The molecule has 2 aromatic carbocycles. The summed E-state index contributed by atoms with van der Waals surface area (Å²) in [7, 11) is 0. The van der Waals surface area contributed by atoms with Crippen molar-refractivity contribution in [3.8, 4) is 11.5 Å². The predicted octanol–water partition coefficient (Wildman–Crippen LogP) is 10.1. The van der Waals surface area contributed by atoms with Gasteiger partial charge in [-0.15, -0.1) is 23.5 Å². The minimum absolute atomic E-state index is 0.190. The molecular weight excluding hydrogens is 537 g/mol. The number of carboxylic acids is 1. The molecule has 0 fully saturated rings. The van der Waals surface area contributed by atoms with Gasteiger partial charge >= 0.3 is 5.97 Å². The Morgan fingerprint density at radius 1 is 0.650 bits per heavy atom. The smallest absolute Gasteiger partial charge is 0.344 e. The Bertz CT molecular complexity index is 1160. The highest BCUT2D eigenvalue weighted by Gasteiger charge is 2.33. The Hall–Kier alpha value is -1.79. The lowest BCUT2D eigenvalue weighted by atomic mass is 9.79. The number of carboxylic acid groups (broad SMARTS) is 1. The molecular formula is C34H52O4S2. The van der Waals surface area contributed by atoms with Gasteiger partial charge in [-0.3, -0.25) is 0 Å². The average molecular weight is 589 g/mol. The van der Waals surface area contributed by atoms with E-state index in [0.717, 1.165) is 32.0 Å². The molecule has 0 saturated heterocycles. The number of aliphatic carboxylic acids is 1. The van der Waals surface area contributed by atoms with Crippen LogP contribution in [-0.4, -0.2) is 26.4 Å². The van der Waals surface area contributed by atoms with Crippen LogP contribution in [0.3, 0.4) is 0 Å². The van der Waals surface area contributed by atoms with Gasteiger partial charge in [0.15, 0.2) is 6.10 Å². The van der Waals surface area contributed by atoms with Crippen LogP contribution >= 0.6 is 23.5 Å². The molecule has 2 aromatic rings. The quantitative estimate of drug-likeness (QED) is 0.248. The first kappa shape index (κ1) is 34.4. The van der Waals surface area contributed by atoms with E-state index >= 15 is 0 Å². The molecule has 224 valence electrons. The van der Waals surface area contributed by atoms with Gasteiger partial charge in [0.05, 0.1) is 4.08 Å². The number of ether oxygens (including phenoxy) is 1. The van der Waals surface area contributed by atoms with Crippen molar-refractivity contribution >= 4 is 29.5 Å². The van der Waals surface area contributed by atoms with Gasteiger partial charge in [0.1, 0.15) is 11.5 Å². The fourth-order valence-electron chi connectivity index (χ4n) is 4.53. The Kier molecular flexibility index (Phi) is 9.87. The summed E-state index contributed by atoms with van der Waals surface area (Å²) in [6, 6.07) is 8.63. The van der Waals surface area contributed by atoms with Crippen LogP contribution in [0.1, 0.15) is 126 Å². The van der Waals surface area contributed by atoms with E-state index in [1.165, 1.54) is 0 Å². The minimum Gasteiger partial charge on any atom is -0.507 e. The van der Waals surface area contributed by atoms with E-state index in [1.807, 2.05) is 0 Å². The monoisotopic (exact) mass is 588 g/mol. The van der Waals surface area contributed by atoms with Crippen LogP contribution in [0.15, 0.2) is 34.1 Å². The van der Waals surface area contributed by atoms with Crippen LogP contribution in [0, 0.1) is 0 Å². The van der Waals surface area contributed by atoms with Gasteiger partial charge in [-0.25, -0.2) is 4.79 Å². The molecule has 4 nitrogen and oxygen atoms in total. The summed E-state index contributed by atoms with van der Waals surface area (Å²) in [4.78, 5) is 13.9. The third kappa shape index (κ3) is 8.61. The highest BCUT2D eigenvalue weighted by Crippen LogP contribution is 2.51. The van der Waals surface area contributed by atoms with Gasteiger partial charge in [0, 0.05) is 32.0 Å². The van der Waals surface area contributed by atoms with Gasteiger partial charge in [-0.2, -0.15) is 0 Å². The lowest BCUT2D eigenvalue weighted by molar-refractivity contribution is -0.144. The lowest BCUT2D eigenvalue weighted by Crippen LogP contribution is -2.27. The van der Waals surface area contributed by atoms with E-state index in [9.17, 15) is 15.0 Å². The normalized spacial score (nSPS) is 14.3. The van der Waals surface area contributed by atoms with Crippen molar-refractivity contribution in [2.24, 2.45) is 0 Å². The number of rotatable bonds is 7. The maximum atomic E-state index is 11.7. The summed E-state index contributed by atoms with van der Waals surface area (Å²) in [5.41, 5.74) is 3.05. The van der Waals surface area contributed by atoms with Crippen molar-refractivity contribution < 1.29 is 19.7 Å². The molecule has 0 heterocycles. The van der Waals surface area contributed by atoms with Crippen LogP contribution in [0.25, 0.3) is 0 Å². The summed E-state index contributed by atoms with van der Waals surface area (Å²) < 4.78 is 5.90. The lowest BCUT2D eigenvalue weighted by Gasteiger charge is -2.33. The molecule has 1 unspecified atom stereocenters. The summed E-state index contributed by atoms with van der Waals surface area (Å²) >= 11 is 3.59. The maximum absolute atomic E-state index is 11.7. The topological polar surface area (TPSA) is 66.8 Å². The van der Waals surface area contributed by atoms with E-state index in [1.54, 1.807) is 30.4 Å². The van der Waals surface area contributed by atoms with Crippen molar-refractivity contribution in [1.82, 2.24) is 0 Å². The number of thioether (sulfide) groups is 2. The van der Waals surface area contributed by atoms with Gasteiger partial charge in [0.2, 0.25) is 0 Å². The Balaban J connectivity index is 2.65. The van der Waals surface area contributed by atoms with E-state index in [-0.39, 0.29) is 25.7 Å². The van der Waals surface area contributed by atoms with E-state index < -0.39 is 12.1 Å². The zero-order valence-electron chi connectivity index (χ0n) is 27.4. The molecule has 2 rings (SSSR count). The standard InChI is InChI=1S/C34H52O4S2/c1-20(29(36)37)38-28-25(32(8,9)10)18-22(19-26(28)33(11,12)13)40-34(14,15)39-21-16-23(30(2,3)4)27(35)24(17-21)31(5,6)7/h16-20,35H,1-15H3,(H,36,37). The molecule has 0 aliphatic heterocycles. The molecule has 0 spiro atoms. The largest absolute Gasteiger partial charge is 0.507 e. The molecule has 0 bridgehead atoms. The van der Waals surface area contributed by atoms with E-state index in [4.69, 9.17) is 4.74 Å². The van der Waals surface area contributed by atoms with Crippen molar-refractivity contribution in [3.05, 3.63) is 46.5 Å². The van der Waals surface area contributed by atoms with Gasteiger partial charge in [-0.1, -0.05) is 83.1 Å². The third-order valence-corrected chi connectivity index (χ3v) is 9.17. The molecule has 0 amide bonds. The second kappa shape index (κ2) is 11.5. The second-order valence-electron chi connectivity index (χ2n) is 15.4. The van der Waals surface area contributed by atoms with Crippen molar-refractivity contribution in [1.29, 1.82) is 0 Å². The highest BCUT2D eigenvalue weighted by molar-refractivity contribution is 8.18. The van der Waals surface area contributed by atoms with Crippen molar-refractivity contribution in [3.63, 3.8) is 0 Å². The van der Waals surface area contributed by atoms with Gasteiger partial charge in [-0.05, 0) is 66.7 Å². The van der Waals surface area contributed by atoms with Crippen molar-refractivity contribution in [2.75, 3.05) is 0 Å². The zero-order chi connectivity index (χ0) is 31.2. The van der Waals surface area contributed by atoms with Crippen molar-refractivity contribution in [2.45, 2.75) is 145 Å². The summed E-state index contributed by atoms with van der Waals surface area (Å²) in [6.07, 6.45) is -0.948. The first-order chi connectivity index (χ1) is 17.7. The minimum atomic E-state index is -0.978. The third-order valence-electron chi connectivity index (χ3n) is 6.75. The number of hydrogen-bond donors (Lipinski definition) is 2. The summed E-state index contributed by atoms with van der Waals surface area (Å²) in [5.74, 6) is 0.0901. The molecule has 2 N–H and O–H groups in total. The van der Waals surface area contributed by atoms with E-state index in [0.29, 0.717) is 11.5 Å². The number of benzene rings is 2. The Morgan fingerprint density at radius 2 is 0.950 bits per heavy atom. The summed E-state index contributed by atoms with van der Waals surface area (Å²) in [5, 5.41) is 20.8. The first-order valence-corrected chi connectivity index (χ1v) is 15.7. The summed E-state index contributed by atoms with van der Waals surface area (Å²) in [6.45, 7) is 31.7.